The molecule has 2 aromatic heterocycles. The molecule has 2 aliphatic rings. The summed E-state index contributed by atoms with van der Waals surface area (Å²) in [6.07, 6.45) is 3.57. The molecule has 0 bridgehead atoms. The van der Waals surface area contributed by atoms with Crippen LogP contribution in [0.15, 0.2) is 35.3 Å². The molecule has 2 N–H and O–H groups in total. The molecule has 2 saturated heterocycles. The summed E-state index contributed by atoms with van der Waals surface area (Å²) in [7, 11) is 0. The van der Waals surface area contributed by atoms with Crippen molar-refractivity contribution in [1.82, 2.24) is 24.5 Å². The van der Waals surface area contributed by atoms with Gasteiger partial charge in [-0.1, -0.05) is 29.3 Å². The van der Waals surface area contributed by atoms with Crippen LogP contribution in [0.5, 0.6) is 0 Å². The predicted molar refractivity (Wildman–Crippen MR) is 135 cm³/mol. The smallest absolute Gasteiger partial charge is 0.272 e. The van der Waals surface area contributed by atoms with Crippen LogP contribution in [0, 0.1) is 5.82 Å². The second-order valence-corrected chi connectivity index (χ2v) is 10.3. The van der Waals surface area contributed by atoms with Crippen LogP contribution in [0.2, 0.25) is 10.2 Å². The lowest BCUT2D eigenvalue weighted by atomic mass is 9.98. The number of H-pyrrole nitrogens is 1. The Labute approximate surface area is 217 Å². The Balaban J connectivity index is 1.32. The van der Waals surface area contributed by atoms with Gasteiger partial charge < -0.3 is 20.1 Å². The molecular weight excluding hydrogens is 508 g/mol. The van der Waals surface area contributed by atoms with E-state index in [0.29, 0.717) is 43.0 Å². The Morgan fingerprint density at radius 1 is 1.11 bits per heavy atom. The number of carbonyl (C=O) groups is 2. The van der Waals surface area contributed by atoms with E-state index in [1.54, 1.807) is 20.3 Å². The Morgan fingerprint density at radius 2 is 1.83 bits per heavy atom. The van der Waals surface area contributed by atoms with Gasteiger partial charge in [0.1, 0.15) is 16.5 Å². The highest BCUT2D eigenvalue weighted by atomic mass is 35.5. The van der Waals surface area contributed by atoms with Crippen molar-refractivity contribution in [1.29, 1.82) is 0 Å². The van der Waals surface area contributed by atoms with Gasteiger partial charge in [-0.05, 0) is 50.1 Å². The Kier molecular flexibility index (Phi) is 6.57. The largest absolute Gasteiger partial charge is 0.338 e. The third-order valence-corrected chi connectivity index (χ3v) is 7.89. The molecule has 0 spiro atoms. The highest BCUT2D eigenvalue weighted by Gasteiger charge is 2.40. The molecule has 2 amide bonds. The van der Waals surface area contributed by atoms with E-state index in [1.807, 2.05) is 6.92 Å². The lowest BCUT2D eigenvalue weighted by molar-refractivity contribution is -0.138. The van der Waals surface area contributed by atoms with Gasteiger partial charge in [0.25, 0.3) is 11.5 Å². The average molecular weight is 534 g/mol. The minimum absolute atomic E-state index is 0.0333. The van der Waals surface area contributed by atoms with E-state index in [4.69, 9.17) is 23.2 Å². The molecule has 2 aliphatic heterocycles. The summed E-state index contributed by atoms with van der Waals surface area (Å²) >= 11 is 12.4. The van der Waals surface area contributed by atoms with Crippen LogP contribution in [-0.2, 0) is 11.2 Å². The number of hydrogen-bond donors (Lipinski definition) is 2. The molecule has 11 heteroatoms. The highest BCUT2D eigenvalue weighted by molar-refractivity contribution is 6.42. The molecule has 4 heterocycles. The lowest BCUT2D eigenvalue weighted by Gasteiger charge is -2.38. The van der Waals surface area contributed by atoms with Gasteiger partial charge in [0.05, 0.1) is 16.1 Å². The van der Waals surface area contributed by atoms with Gasteiger partial charge in [-0.3, -0.25) is 18.8 Å². The number of nitrogens with one attached hydrogen (secondary N) is 2. The molecule has 1 unspecified atom stereocenters. The molecule has 0 saturated carbocycles. The molecule has 2 fully saturated rings. The van der Waals surface area contributed by atoms with Gasteiger partial charge in [-0.25, -0.2) is 4.39 Å². The molecule has 3 aromatic rings. The number of rotatable bonds is 4. The number of nitrogens with zero attached hydrogens (tertiary/aromatic N) is 3. The van der Waals surface area contributed by atoms with Crippen LogP contribution in [-0.4, -0.2) is 69.3 Å². The van der Waals surface area contributed by atoms with Crippen molar-refractivity contribution < 1.29 is 14.0 Å². The molecule has 8 nitrogen and oxygen atoms in total. The molecule has 5 rings (SSSR count). The predicted octanol–water partition coefficient (Wildman–Crippen LogP) is 3.09. The van der Waals surface area contributed by atoms with Gasteiger partial charge in [-0.15, -0.1) is 0 Å². The lowest BCUT2D eigenvalue weighted by Crippen LogP contribution is -2.58. The van der Waals surface area contributed by atoms with E-state index in [0.717, 1.165) is 19.4 Å². The summed E-state index contributed by atoms with van der Waals surface area (Å²) in [4.78, 5) is 44.3. The fourth-order valence-electron chi connectivity index (χ4n) is 5.09. The zero-order valence-corrected chi connectivity index (χ0v) is 21.3. The normalized spacial score (nSPS) is 20.3. The van der Waals surface area contributed by atoms with E-state index < -0.39 is 17.3 Å². The zero-order chi connectivity index (χ0) is 25.6. The monoisotopic (exact) mass is 533 g/mol. The summed E-state index contributed by atoms with van der Waals surface area (Å²) < 4.78 is 16.3. The number of carbonyl (C=O) groups excluding carboxylic acids is 2. The van der Waals surface area contributed by atoms with Gasteiger partial charge in [0.15, 0.2) is 0 Å². The number of amides is 2. The third-order valence-electron chi connectivity index (χ3n) is 7.13. The number of fused-ring (bicyclic) bond motifs is 1. The maximum atomic E-state index is 14.7. The number of piperazine rings is 1. The molecule has 190 valence electrons. The maximum absolute atomic E-state index is 14.7. The maximum Gasteiger partial charge on any atom is 0.272 e. The minimum Gasteiger partial charge on any atom is -0.338 e. The molecule has 1 atom stereocenters. The first-order valence-electron chi connectivity index (χ1n) is 11.9. The summed E-state index contributed by atoms with van der Waals surface area (Å²) in [5.41, 5.74) is 0.685. The molecule has 0 radical (unpaired) electrons. The van der Waals surface area contributed by atoms with Crippen LogP contribution < -0.4 is 10.9 Å². The van der Waals surface area contributed by atoms with E-state index in [9.17, 15) is 18.8 Å². The van der Waals surface area contributed by atoms with Crippen LogP contribution in [0.1, 0.15) is 41.4 Å². The van der Waals surface area contributed by atoms with Crippen molar-refractivity contribution >= 4 is 40.5 Å². The Morgan fingerprint density at radius 3 is 2.53 bits per heavy atom. The third kappa shape index (κ3) is 4.40. The summed E-state index contributed by atoms with van der Waals surface area (Å²) in [6.45, 7) is 4.23. The molecular formula is C25H26Cl2FN5O3. The SMILES string of the molecule is CC1(C(=O)N2CCN(C(=O)c3cc(Cc4c[nH]c(=O)c5cc(Cl)c(Cl)n45)ccc3F)CC2)CCCN1. The van der Waals surface area contributed by atoms with Crippen molar-refractivity contribution in [3.63, 3.8) is 0 Å². The zero-order valence-electron chi connectivity index (χ0n) is 19.7. The summed E-state index contributed by atoms with van der Waals surface area (Å²) in [5.74, 6) is -0.977. The first-order valence-corrected chi connectivity index (χ1v) is 12.6. The van der Waals surface area contributed by atoms with Crippen LogP contribution >= 0.6 is 23.2 Å². The van der Waals surface area contributed by atoms with E-state index in [2.05, 4.69) is 10.3 Å². The molecule has 1 aromatic carbocycles. The van der Waals surface area contributed by atoms with Crippen LogP contribution in [0.25, 0.3) is 5.52 Å². The number of benzene rings is 1. The average Bonchev–Trinajstić information content (AvgIpc) is 3.45. The summed E-state index contributed by atoms with van der Waals surface area (Å²) in [5, 5.41) is 3.74. The quantitative estimate of drug-likeness (QED) is 0.539. The van der Waals surface area contributed by atoms with Gasteiger partial charge >= 0.3 is 0 Å². The Hall–Kier alpha value is -2.88. The van der Waals surface area contributed by atoms with Crippen molar-refractivity contribution in [2.45, 2.75) is 31.7 Å². The number of halogens is 3. The van der Waals surface area contributed by atoms with Crippen molar-refractivity contribution in [3.05, 3.63) is 73.6 Å². The topological polar surface area (TPSA) is 89.9 Å². The van der Waals surface area contributed by atoms with E-state index in [1.165, 1.54) is 24.4 Å². The Bertz CT molecular complexity index is 1400. The van der Waals surface area contributed by atoms with Crippen LogP contribution in [0.3, 0.4) is 0 Å². The van der Waals surface area contributed by atoms with E-state index >= 15 is 0 Å². The fraction of sp³-hybridized carbons (Fsp3) is 0.400. The first-order chi connectivity index (χ1) is 17.2. The van der Waals surface area contributed by atoms with Gasteiger partial charge in [0.2, 0.25) is 5.91 Å². The van der Waals surface area contributed by atoms with Gasteiger partial charge in [-0.2, -0.15) is 0 Å². The minimum atomic E-state index is -0.612. The first kappa shape index (κ1) is 24.8. The van der Waals surface area contributed by atoms with Crippen molar-refractivity contribution in [2.75, 3.05) is 32.7 Å². The summed E-state index contributed by atoms with van der Waals surface area (Å²) in [6, 6.07) is 5.87. The number of aromatic amines is 1. The fourth-order valence-corrected chi connectivity index (χ4v) is 5.53. The van der Waals surface area contributed by atoms with Crippen molar-refractivity contribution in [2.24, 2.45) is 0 Å². The highest BCUT2D eigenvalue weighted by Crippen LogP contribution is 2.27. The molecule has 0 aliphatic carbocycles. The van der Waals surface area contributed by atoms with Gasteiger partial charge in [0, 0.05) is 44.5 Å². The standard InChI is InChI=1S/C25H26Cl2FN5O3/c1-25(5-2-6-30-25)24(36)32-9-7-31(8-10-32)23(35)17-12-15(3-4-19(17)28)11-16-14-29-22(34)20-13-18(26)21(27)33(16)20/h3-4,12-14,30H,2,5-11H2,1H3,(H,29,34). The van der Waals surface area contributed by atoms with Crippen LogP contribution in [0.4, 0.5) is 4.39 Å². The van der Waals surface area contributed by atoms with Crippen molar-refractivity contribution in [3.8, 4) is 0 Å². The number of aromatic nitrogens is 2. The second-order valence-electron chi connectivity index (χ2n) is 9.55. The second kappa shape index (κ2) is 9.53. The molecule has 36 heavy (non-hydrogen) atoms. The van der Waals surface area contributed by atoms with E-state index in [-0.39, 0.29) is 33.6 Å². The number of hydrogen-bond acceptors (Lipinski definition) is 4.